The number of rotatable bonds is 7. The quantitative estimate of drug-likeness (QED) is 0.617. The van der Waals surface area contributed by atoms with Crippen molar-refractivity contribution < 1.29 is 9.72 Å². The van der Waals surface area contributed by atoms with Crippen LogP contribution >= 0.6 is 0 Å². The maximum Gasteiger partial charge on any atom is 0.269 e. The molecular weight excluding hydrogens is 270 g/mol. The lowest BCUT2D eigenvalue weighted by Gasteiger charge is -2.25. The van der Waals surface area contributed by atoms with Crippen LogP contribution in [0.15, 0.2) is 24.3 Å². The number of hydrogen-bond acceptors (Lipinski definition) is 4. The minimum Gasteiger partial charge on any atom is -0.339 e. The van der Waals surface area contributed by atoms with Gasteiger partial charge in [-0.25, -0.2) is 0 Å². The van der Waals surface area contributed by atoms with Gasteiger partial charge in [-0.15, -0.1) is 0 Å². The lowest BCUT2D eigenvalue weighted by atomic mass is 10.1. The highest BCUT2D eigenvalue weighted by molar-refractivity contribution is 5.76. The van der Waals surface area contributed by atoms with Crippen molar-refractivity contribution in [2.75, 3.05) is 13.6 Å². The lowest BCUT2D eigenvalue weighted by molar-refractivity contribution is -0.384. The zero-order chi connectivity index (χ0) is 15.4. The minimum atomic E-state index is -0.419. The fraction of sp³-hybridized carbons (Fsp3) is 0.533. The number of nitro benzene ring substituents is 1. The maximum atomic E-state index is 12.1. The van der Waals surface area contributed by atoms with E-state index in [1.807, 2.05) is 13.0 Å². The molecule has 2 rings (SSSR count). The Morgan fingerprint density at radius 2 is 2.24 bits per heavy atom. The molecule has 1 fully saturated rings. The summed E-state index contributed by atoms with van der Waals surface area (Å²) < 4.78 is 0. The van der Waals surface area contributed by atoms with Crippen molar-refractivity contribution in [2.45, 2.75) is 38.3 Å². The van der Waals surface area contributed by atoms with E-state index in [1.165, 1.54) is 25.0 Å². The van der Waals surface area contributed by atoms with Gasteiger partial charge in [0.05, 0.1) is 11.0 Å². The van der Waals surface area contributed by atoms with Crippen LogP contribution in [0.25, 0.3) is 0 Å². The van der Waals surface area contributed by atoms with E-state index >= 15 is 0 Å². The third-order valence-corrected chi connectivity index (χ3v) is 3.89. The smallest absolute Gasteiger partial charge is 0.269 e. The molecule has 1 unspecified atom stereocenters. The normalized spacial score (nSPS) is 15.5. The predicted molar refractivity (Wildman–Crippen MR) is 79.9 cm³/mol. The molecule has 6 heteroatoms. The highest BCUT2D eigenvalue weighted by Gasteiger charge is 2.22. The molecule has 21 heavy (non-hydrogen) atoms. The molecule has 0 bridgehead atoms. The monoisotopic (exact) mass is 291 g/mol. The number of amides is 1. The molecular formula is C15H21N3O3. The van der Waals surface area contributed by atoms with E-state index in [0.717, 1.165) is 5.56 Å². The first-order valence-corrected chi connectivity index (χ1v) is 7.22. The van der Waals surface area contributed by atoms with E-state index < -0.39 is 4.92 Å². The van der Waals surface area contributed by atoms with Gasteiger partial charge in [-0.1, -0.05) is 12.1 Å². The molecule has 1 aromatic carbocycles. The Morgan fingerprint density at radius 3 is 2.86 bits per heavy atom. The molecule has 1 atom stereocenters. The Balaban J connectivity index is 1.93. The zero-order valence-electron chi connectivity index (χ0n) is 12.4. The van der Waals surface area contributed by atoms with Crippen LogP contribution in [0.5, 0.6) is 0 Å². The average Bonchev–Trinajstić information content (AvgIpc) is 3.29. The van der Waals surface area contributed by atoms with Crippen molar-refractivity contribution in [3.63, 3.8) is 0 Å². The Bertz CT molecular complexity index is 529. The molecule has 1 aromatic rings. The first kappa shape index (κ1) is 15.4. The first-order valence-electron chi connectivity index (χ1n) is 7.22. The molecule has 114 valence electrons. The van der Waals surface area contributed by atoms with Crippen LogP contribution in [0.2, 0.25) is 0 Å². The fourth-order valence-electron chi connectivity index (χ4n) is 2.18. The predicted octanol–water partition coefficient (Wildman–Crippen LogP) is 2.26. The van der Waals surface area contributed by atoms with Crippen molar-refractivity contribution >= 4 is 11.6 Å². The van der Waals surface area contributed by atoms with Crippen LogP contribution in [-0.2, 0) is 4.79 Å². The number of carbonyl (C=O) groups excluding carboxylic acids is 1. The van der Waals surface area contributed by atoms with E-state index in [0.29, 0.717) is 19.0 Å². The lowest BCUT2D eigenvalue weighted by Crippen LogP contribution is -2.32. The van der Waals surface area contributed by atoms with Gasteiger partial charge >= 0.3 is 0 Å². The third kappa shape index (κ3) is 4.26. The van der Waals surface area contributed by atoms with Crippen molar-refractivity contribution in [3.8, 4) is 0 Å². The van der Waals surface area contributed by atoms with Gasteiger partial charge in [-0.05, 0) is 25.3 Å². The highest BCUT2D eigenvalue weighted by atomic mass is 16.6. The van der Waals surface area contributed by atoms with E-state index in [4.69, 9.17) is 0 Å². The molecule has 0 aliphatic heterocycles. The molecule has 0 aromatic heterocycles. The first-order chi connectivity index (χ1) is 9.99. The molecule has 1 amide bonds. The summed E-state index contributed by atoms with van der Waals surface area (Å²) in [7, 11) is 1.74. The number of nitrogens with zero attached hydrogens (tertiary/aromatic N) is 2. The van der Waals surface area contributed by atoms with Crippen LogP contribution in [0, 0.1) is 10.1 Å². The van der Waals surface area contributed by atoms with Crippen molar-refractivity contribution in [2.24, 2.45) is 0 Å². The second-order valence-corrected chi connectivity index (χ2v) is 5.51. The van der Waals surface area contributed by atoms with Crippen LogP contribution in [0.4, 0.5) is 5.69 Å². The Labute approximate surface area is 124 Å². The van der Waals surface area contributed by atoms with Crippen molar-refractivity contribution in [3.05, 3.63) is 39.9 Å². The molecule has 1 N–H and O–H groups in total. The Hall–Kier alpha value is -1.95. The Morgan fingerprint density at radius 1 is 1.52 bits per heavy atom. The van der Waals surface area contributed by atoms with E-state index in [9.17, 15) is 14.9 Å². The van der Waals surface area contributed by atoms with Crippen LogP contribution in [0.3, 0.4) is 0 Å². The van der Waals surface area contributed by atoms with Gasteiger partial charge in [0.25, 0.3) is 5.69 Å². The maximum absolute atomic E-state index is 12.1. The van der Waals surface area contributed by atoms with Gasteiger partial charge in [0.1, 0.15) is 0 Å². The number of nitrogens with one attached hydrogen (secondary N) is 1. The molecule has 0 radical (unpaired) electrons. The summed E-state index contributed by atoms with van der Waals surface area (Å²) in [6, 6.07) is 6.85. The van der Waals surface area contributed by atoms with Gasteiger partial charge in [0.15, 0.2) is 0 Å². The van der Waals surface area contributed by atoms with Crippen molar-refractivity contribution in [1.29, 1.82) is 0 Å². The molecule has 1 aliphatic carbocycles. The molecule has 0 spiro atoms. The average molecular weight is 291 g/mol. The number of carbonyl (C=O) groups is 1. The molecule has 0 heterocycles. The number of nitro groups is 1. The number of benzene rings is 1. The van der Waals surface area contributed by atoms with Gasteiger partial charge in [0.2, 0.25) is 5.91 Å². The number of hydrogen-bond donors (Lipinski definition) is 1. The molecule has 0 saturated heterocycles. The second-order valence-electron chi connectivity index (χ2n) is 5.51. The standard InChI is InChI=1S/C15H21N3O3/c1-11(12-4-3-5-14(10-12)18(20)21)17(2)15(19)8-9-16-13-6-7-13/h3-5,10-11,13,16H,6-9H2,1-2H3. The van der Waals surface area contributed by atoms with Crippen LogP contribution in [-0.4, -0.2) is 35.4 Å². The SMILES string of the molecule is CC(c1cccc([N+](=O)[O-])c1)N(C)C(=O)CCNC1CC1. The highest BCUT2D eigenvalue weighted by Crippen LogP contribution is 2.23. The minimum absolute atomic E-state index is 0.0437. The van der Waals surface area contributed by atoms with Gasteiger partial charge in [0, 0.05) is 38.2 Å². The van der Waals surface area contributed by atoms with Crippen molar-refractivity contribution in [1.82, 2.24) is 10.2 Å². The van der Waals surface area contributed by atoms with E-state index in [2.05, 4.69) is 5.32 Å². The summed E-state index contributed by atoms with van der Waals surface area (Å²) in [6.07, 6.45) is 2.86. The second kappa shape index (κ2) is 6.67. The van der Waals surface area contributed by atoms with E-state index in [-0.39, 0.29) is 17.6 Å². The summed E-state index contributed by atoms with van der Waals surface area (Å²) in [5.74, 6) is 0.0437. The molecule has 1 saturated carbocycles. The zero-order valence-corrected chi connectivity index (χ0v) is 12.4. The van der Waals surface area contributed by atoms with Crippen LogP contribution in [0.1, 0.15) is 37.8 Å². The van der Waals surface area contributed by atoms with Gasteiger partial charge in [-0.2, -0.15) is 0 Å². The summed E-state index contributed by atoms with van der Waals surface area (Å²) in [4.78, 5) is 24.2. The molecule has 1 aliphatic rings. The third-order valence-electron chi connectivity index (χ3n) is 3.89. The fourth-order valence-corrected chi connectivity index (χ4v) is 2.18. The summed E-state index contributed by atoms with van der Waals surface area (Å²) >= 11 is 0. The van der Waals surface area contributed by atoms with Gasteiger partial charge in [-0.3, -0.25) is 14.9 Å². The number of non-ortho nitro benzene ring substituents is 1. The topological polar surface area (TPSA) is 75.5 Å². The summed E-state index contributed by atoms with van der Waals surface area (Å²) in [5.41, 5.74) is 0.825. The van der Waals surface area contributed by atoms with Gasteiger partial charge < -0.3 is 10.2 Å². The Kier molecular flexibility index (Phi) is 4.90. The van der Waals surface area contributed by atoms with E-state index in [1.54, 1.807) is 18.0 Å². The largest absolute Gasteiger partial charge is 0.339 e. The summed E-state index contributed by atoms with van der Waals surface area (Å²) in [5, 5.41) is 14.1. The summed E-state index contributed by atoms with van der Waals surface area (Å²) in [6.45, 7) is 2.57. The van der Waals surface area contributed by atoms with Crippen LogP contribution < -0.4 is 5.32 Å². The molecule has 6 nitrogen and oxygen atoms in total.